The van der Waals surface area contributed by atoms with Gasteiger partial charge in [-0.2, -0.15) is 0 Å². The molecule has 0 bridgehead atoms. The number of nitrogens with one attached hydrogen (secondary N) is 2. The smallest absolute Gasteiger partial charge is 0.317 e. The van der Waals surface area contributed by atoms with Crippen LogP contribution in [-0.4, -0.2) is 52.7 Å². The number of carbonyl (C=O) groups excluding carboxylic acids is 2. The molecule has 7 nitrogen and oxygen atoms in total. The number of hydrogen-bond acceptors (Lipinski definition) is 4. The van der Waals surface area contributed by atoms with Crippen molar-refractivity contribution in [1.29, 1.82) is 0 Å². The number of amides is 2. The van der Waals surface area contributed by atoms with Gasteiger partial charge in [0.2, 0.25) is 6.08 Å². The molecule has 1 aliphatic heterocycles. The number of pyridine rings is 1. The minimum Gasteiger partial charge on any atom is -0.359 e. The summed E-state index contributed by atoms with van der Waals surface area (Å²) in [5.74, 6) is 0. The Morgan fingerprint density at radius 3 is 2.97 bits per heavy atom. The van der Waals surface area contributed by atoms with Gasteiger partial charge in [-0.05, 0) is 54.2 Å². The van der Waals surface area contributed by atoms with Crippen LogP contribution in [0.2, 0.25) is 0 Å². The molecule has 0 aromatic carbocycles. The molecule has 3 heterocycles. The van der Waals surface area contributed by atoms with Crippen molar-refractivity contribution in [3.05, 3.63) is 36.2 Å². The van der Waals surface area contributed by atoms with Crippen LogP contribution < -0.4 is 5.32 Å². The third kappa shape index (κ3) is 4.72. The lowest BCUT2D eigenvalue weighted by molar-refractivity contribution is 0.0781. The molecule has 1 fully saturated rings. The molecule has 2 aromatic heterocycles. The number of aromatic amines is 1. The largest absolute Gasteiger partial charge is 0.359 e. The summed E-state index contributed by atoms with van der Waals surface area (Å²) < 4.78 is 0. The molecule has 2 atom stereocenters. The van der Waals surface area contributed by atoms with E-state index < -0.39 is 0 Å². The first-order valence-electron chi connectivity index (χ1n) is 11.0. The lowest BCUT2D eigenvalue weighted by Crippen LogP contribution is -2.52. The van der Waals surface area contributed by atoms with Crippen LogP contribution in [0, 0.1) is 10.8 Å². The van der Waals surface area contributed by atoms with Crippen molar-refractivity contribution >= 4 is 28.7 Å². The van der Waals surface area contributed by atoms with E-state index in [-0.39, 0.29) is 22.9 Å². The van der Waals surface area contributed by atoms with E-state index in [1.165, 1.54) is 5.57 Å². The maximum absolute atomic E-state index is 13.0. The zero-order chi connectivity index (χ0) is 22.1. The van der Waals surface area contributed by atoms with Crippen molar-refractivity contribution in [1.82, 2.24) is 20.2 Å². The van der Waals surface area contributed by atoms with E-state index in [2.05, 4.69) is 47.1 Å². The minimum absolute atomic E-state index is 0.0173. The molecule has 1 saturated carbocycles. The normalized spacial score (nSPS) is 25.6. The third-order valence-electron chi connectivity index (χ3n) is 6.57. The Morgan fingerprint density at radius 1 is 1.39 bits per heavy atom. The topological polar surface area (TPSA) is 90.4 Å². The molecule has 2 aliphatic rings. The number of rotatable bonds is 4. The van der Waals surface area contributed by atoms with Gasteiger partial charge in [-0.25, -0.2) is 14.6 Å². The highest BCUT2D eigenvalue weighted by Gasteiger charge is 2.42. The fraction of sp³-hybridized carbons (Fsp3) is 0.542. The maximum Gasteiger partial charge on any atom is 0.317 e. The Kier molecular flexibility index (Phi) is 5.71. The first-order valence-corrected chi connectivity index (χ1v) is 11.0. The molecule has 31 heavy (non-hydrogen) atoms. The van der Waals surface area contributed by atoms with Gasteiger partial charge in [-0.3, -0.25) is 4.98 Å². The van der Waals surface area contributed by atoms with Crippen molar-refractivity contribution in [3.8, 4) is 0 Å². The highest BCUT2D eigenvalue weighted by Crippen LogP contribution is 2.46. The van der Waals surface area contributed by atoms with Gasteiger partial charge < -0.3 is 15.2 Å². The molecule has 4 rings (SSSR count). The number of carbonyl (C=O) groups is 1. The van der Waals surface area contributed by atoms with Crippen molar-refractivity contribution < 1.29 is 9.59 Å². The SMILES string of the molecule is CC1(C)CC(NC(=O)N2CC=C(c3c[nH]c4cccnc34)CC2)CC(C)(CN=C=O)C1. The number of urea groups is 1. The lowest BCUT2D eigenvalue weighted by atomic mass is 9.62. The molecule has 164 valence electrons. The monoisotopic (exact) mass is 421 g/mol. The molecule has 2 unspecified atom stereocenters. The van der Waals surface area contributed by atoms with Gasteiger partial charge in [-0.1, -0.05) is 26.8 Å². The molecular weight excluding hydrogens is 390 g/mol. The van der Waals surface area contributed by atoms with E-state index in [4.69, 9.17) is 0 Å². The van der Waals surface area contributed by atoms with Gasteiger partial charge >= 0.3 is 6.03 Å². The Bertz CT molecular complexity index is 1050. The quantitative estimate of drug-likeness (QED) is 0.570. The molecule has 0 radical (unpaired) electrons. The fourth-order valence-corrected chi connectivity index (χ4v) is 5.64. The second-order valence-corrected chi connectivity index (χ2v) is 10.1. The van der Waals surface area contributed by atoms with Crippen LogP contribution in [0.1, 0.15) is 52.0 Å². The van der Waals surface area contributed by atoms with Gasteiger partial charge in [-0.15, -0.1) is 0 Å². The number of nitrogens with zero attached hydrogens (tertiary/aromatic N) is 3. The molecule has 7 heteroatoms. The summed E-state index contributed by atoms with van der Waals surface area (Å²) in [4.78, 5) is 37.1. The number of H-pyrrole nitrogens is 1. The molecule has 2 N–H and O–H groups in total. The van der Waals surface area contributed by atoms with Gasteiger partial charge in [0.25, 0.3) is 0 Å². The van der Waals surface area contributed by atoms with Crippen LogP contribution >= 0.6 is 0 Å². The van der Waals surface area contributed by atoms with E-state index >= 15 is 0 Å². The second kappa shape index (κ2) is 8.31. The molecule has 2 amide bonds. The Labute approximate surface area is 183 Å². The van der Waals surface area contributed by atoms with Crippen LogP contribution in [0.5, 0.6) is 0 Å². The first kappa shape index (κ1) is 21.3. The summed E-state index contributed by atoms with van der Waals surface area (Å²) in [6, 6.07) is 4.00. The number of isocyanates is 1. The number of fused-ring (bicyclic) bond motifs is 1. The predicted molar refractivity (Wildman–Crippen MR) is 121 cm³/mol. The Morgan fingerprint density at radius 2 is 2.23 bits per heavy atom. The van der Waals surface area contributed by atoms with Crippen LogP contribution in [0.3, 0.4) is 0 Å². The predicted octanol–water partition coefficient (Wildman–Crippen LogP) is 4.28. The lowest BCUT2D eigenvalue weighted by Gasteiger charge is -2.46. The Hall–Kier alpha value is -2.92. The molecule has 2 aromatic rings. The number of hydrogen-bond donors (Lipinski definition) is 2. The average molecular weight is 422 g/mol. The van der Waals surface area contributed by atoms with Gasteiger partial charge in [0.1, 0.15) is 0 Å². The van der Waals surface area contributed by atoms with Crippen LogP contribution in [0.25, 0.3) is 16.6 Å². The van der Waals surface area contributed by atoms with Crippen molar-refractivity contribution in [2.24, 2.45) is 15.8 Å². The van der Waals surface area contributed by atoms with E-state index in [0.29, 0.717) is 19.6 Å². The van der Waals surface area contributed by atoms with Gasteiger partial charge in [0.15, 0.2) is 0 Å². The van der Waals surface area contributed by atoms with Crippen molar-refractivity contribution in [3.63, 3.8) is 0 Å². The van der Waals surface area contributed by atoms with Crippen molar-refractivity contribution in [2.45, 2.75) is 52.5 Å². The Balaban J connectivity index is 1.41. The van der Waals surface area contributed by atoms with Crippen molar-refractivity contribution in [2.75, 3.05) is 19.6 Å². The molecule has 0 spiro atoms. The zero-order valence-electron chi connectivity index (χ0n) is 18.6. The van der Waals surface area contributed by atoms with Crippen LogP contribution in [0.4, 0.5) is 4.79 Å². The highest BCUT2D eigenvalue weighted by molar-refractivity contribution is 5.90. The third-order valence-corrected chi connectivity index (χ3v) is 6.57. The maximum atomic E-state index is 13.0. The van der Waals surface area contributed by atoms with E-state index in [1.54, 1.807) is 6.08 Å². The molecule has 0 saturated heterocycles. The van der Waals surface area contributed by atoms with E-state index in [9.17, 15) is 9.59 Å². The number of aliphatic imine (C=N–C) groups is 1. The summed E-state index contributed by atoms with van der Waals surface area (Å²) in [5, 5.41) is 3.25. The summed E-state index contributed by atoms with van der Waals surface area (Å²) >= 11 is 0. The minimum atomic E-state index is -0.103. The summed E-state index contributed by atoms with van der Waals surface area (Å²) in [7, 11) is 0. The zero-order valence-corrected chi connectivity index (χ0v) is 18.6. The summed E-state index contributed by atoms with van der Waals surface area (Å²) in [5.41, 5.74) is 4.34. The van der Waals surface area contributed by atoms with Crippen LogP contribution in [0.15, 0.2) is 35.6 Å². The first-order chi connectivity index (χ1) is 14.8. The summed E-state index contributed by atoms with van der Waals surface area (Å²) in [6.45, 7) is 8.32. The van der Waals surface area contributed by atoms with Gasteiger partial charge in [0.05, 0.1) is 17.6 Å². The van der Waals surface area contributed by atoms with Crippen LogP contribution in [-0.2, 0) is 4.79 Å². The molecule has 1 aliphatic carbocycles. The number of aromatic nitrogens is 2. The standard InChI is InChI=1S/C24H31N5O2/c1-23(2)11-18(12-24(3,14-23)15-25-16-30)28-22(31)29-9-6-17(7-10-29)19-13-27-20-5-4-8-26-21(19)20/h4-6,8,13,18,27H,7,9-12,14-15H2,1-3H3,(H,28,31). The van der Waals surface area contributed by atoms with Gasteiger partial charge in [0, 0.05) is 37.1 Å². The fourth-order valence-electron chi connectivity index (χ4n) is 5.64. The summed E-state index contributed by atoms with van der Waals surface area (Å²) in [6.07, 6.45) is 11.1. The highest BCUT2D eigenvalue weighted by atomic mass is 16.2. The van der Waals surface area contributed by atoms with E-state index in [1.807, 2.05) is 29.4 Å². The molecular formula is C24H31N5O2. The second-order valence-electron chi connectivity index (χ2n) is 10.1. The van der Waals surface area contributed by atoms with E-state index in [0.717, 1.165) is 42.3 Å². The average Bonchev–Trinajstić information content (AvgIpc) is 3.15.